The average molecular weight is 313 g/mol. The average Bonchev–Trinajstić information content (AvgIpc) is 2.81. The number of carbonyl (C=O) groups is 1. The topological polar surface area (TPSA) is 62.7 Å². The molecule has 3 rings (SSSR count). The van der Waals surface area contributed by atoms with E-state index in [0.717, 1.165) is 16.3 Å². The van der Waals surface area contributed by atoms with Gasteiger partial charge in [0.05, 0.1) is 6.61 Å². The van der Waals surface area contributed by atoms with Gasteiger partial charge in [0.15, 0.2) is 5.11 Å². The van der Waals surface area contributed by atoms with Gasteiger partial charge in [0, 0.05) is 30.2 Å². The smallest absolute Gasteiger partial charge is 0.214 e. The highest BCUT2D eigenvalue weighted by atomic mass is 32.1. The Morgan fingerprint density at radius 2 is 1.95 bits per heavy atom. The van der Waals surface area contributed by atoms with E-state index < -0.39 is 0 Å². The zero-order chi connectivity index (χ0) is 15.5. The van der Waals surface area contributed by atoms with Gasteiger partial charge in [-0.1, -0.05) is 36.4 Å². The minimum atomic E-state index is -0.0843. The lowest BCUT2D eigenvalue weighted by molar-refractivity contribution is 0.106. The highest BCUT2D eigenvalue weighted by Crippen LogP contribution is 2.30. The van der Waals surface area contributed by atoms with E-state index >= 15 is 0 Å². The summed E-state index contributed by atoms with van der Waals surface area (Å²) in [6, 6.07) is 11.5. The van der Waals surface area contributed by atoms with Crippen LogP contribution in [-0.2, 0) is 4.74 Å². The van der Waals surface area contributed by atoms with E-state index in [9.17, 15) is 4.79 Å². The van der Waals surface area contributed by atoms with E-state index in [1.807, 2.05) is 36.4 Å². The lowest BCUT2D eigenvalue weighted by atomic mass is 10.1. The normalized spacial score (nSPS) is 14.6. The molecule has 0 fully saturated rings. The zero-order valence-electron chi connectivity index (χ0n) is 12.1. The van der Waals surface area contributed by atoms with Crippen molar-refractivity contribution in [3.8, 4) is 0 Å². The van der Waals surface area contributed by atoms with Gasteiger partial charge in [-0.25, -0.2) is 0 Å². The maximum Gasteiger partial charge on any atom is 0.214 e. The van der Waals surface area contributed by atoms with Crippen molar-refractivity contribution in [2.75, 3.05) is 20.3 Å². The first kappa shape index (κ1) is 14.6. The Bertz CT molecular complexity index is 781. The molecule has 2 aromatic rings. The molecular weight excluding hydrogens is 298 g/mol. The molecule has 0 aliphatic heterocycles. The molecule has 5 nitrogen and oxygen atoms in total. The standard InChI is InChI=1S/C16H15N3O2S/c1-21-9-8-17-16(22)19-18-14-11-6-2-4-10-5-3-7-12(13(10)11)15(14)20/h2-7H,8-9H2,1H3,(H2,17,19,22). The lowest BCUT2D eigenvalue weighted by Gasteiger charge is -2.06. The summed E-state index contributed by atoms with van der Waals surface area (Å²) in [7, 11) is 1.62. The molecule has 112 valence electrons. The molecule has 0 amide bonds. The Balaban J connectivity index is 1.85. The number of nitrogens with zero attached hydrogens (tertiary/aromatic N) is 1. The fourth-order valence-electron chi connectivity index (χ4n) is 2.50. The van der Waals surface area contributed by atoms with Crippen LogP contribution < -0.4 is 10.7 Å². The number of rotatable bonds is 4. The molecule has 2 aromatic carbocycles. The van der Waals surface area contributed by atoms with Crippen LogP contribution in [0, 0.1) is 0 Å². The third-order valence-corrected chi connectivity index (χ3v) is 3.72. The van der Waals surface area contributed by atoms with Gasteiger partial charge in [0.25, 0.3) is 0 Å². The van der Waals surface area contributed by atoms with Crippen LogP contribution in [0.25, 0.3) is 10.8 Å². The SMILES string of the molecule is COCCNC(=S)NN=C1C(=O)c2cccc3cccc1c23. The summed E-state index contributed by atoms with van der Waals surface area (Å²) in [6.45, 7) is 1.12. The summed E-state index contributed by atoms with van der Waals surface area (Å²) in [6.07, 6.45) is 0. The van der Waals surface area contributed by atoms with Crippen LogP contribution in [0.15, 0.2) is 41.5 Å². The number of ether oxygens (including phenoxy) is 1. The second-order valence-corrected chi connectivity index (χ2v) is 5.27. The van der Waals surface area contributed by atoms with Crippen LogP contribution in [0.1, 0.15) is 15.9 Å². The first-order valence-corrected chi connectivity index (χ1v) is 7.30. The summed E-state index contributed by atoms with van der Waals surface area (Å²) in [5.41, 5.74) is 4.64. The molecule has 0 saturated carbocycles. The van der Waals surface area contributed by atoms with Crippen molar-refractivity contribution in [1.29, 1.82) is 0 Å². The van der Waals surface area contributed by atoms with E-state index in [4.69, 9.17) is 17.0 Å². The molecule has 1 aliphatic carbocycles. The number of hydrogen-bond donors (Lipinski definition) is 2. The number of nitrogens with one attached hydrogen (secondary N) is 2. The molecule has 0 saturated heterocycles. The molecule has 0 unspecified atom stereocenters. The highest BCUT2D eigenvalue weighted by Gasteiger charge is 2.28. The minimum absolute atomic E-state index is 0.0843. The van der Waals surface area contributed by atoms with Crippen molar-refractivity contribution in [1.82, 2.24) is 10.7 Å². The summed E-state index contributed by atoms with van der Waals surface area (Å²) >= 11 is 5.11. The van der Waals surface area contributed by atoms with E-state index in [1.165, 1.54) is 0 Å². The van der Waals surface area contributed by atoms with Gasteiger partial charge >= 0.3 is 0 Å². The summed E-state index contributed by atoms with van der Waals surface area (Å²) in [4.78, 5) is 12.5. The molecule has 22 heavy (non-hydrogen) atoms. The fraction of sp³-hybridized carbons (Fsp3) is 0.188. The second-order valence-electron chi connectivity index (χ2n) is 4.86. The first-order chi connectivity index (χ1) is 10.7. The van der Waals surface area contributed by atoms with Crippen molar-refractivity contribution >= 4 is 39.6 Å². The third-order valence-electron chi connectivity index (χ3n) is 3.48. The Labute approximate surface area is 133 Å². The largest absolute Gasteiger partial charge is 0.383 e. The van der Waals surface area contributed by atoms with Crippen molar-refractivity contribution in [3.63, 3.8) is 0 Å². The molecular formula is C16H15N3O2S. The maximum atomic E-state index is 12.5. The molecule has 0 atom stereocenters. The minimum Gasteiger partial charge on any atom is -0.383 e. The van der Waals surface area contributed by atoms with Crippen LogP contribution in [0.2, 0.25) is 0 Å². The summed E-state index contributed by atoms with van der Waals surface area (Å²) < 4.78 is 4.93. The van der Waals surface area contributed by atoms with Gasteiger partial charge in [0.1, 0.15) is 5.71 Å². The number of Topliss-reactive ketones (excluding diaryl/α,β-unsaturated/α-hetero) is 1. The molecule has 2 N–H and O–H groups in total. The Morgan fingerprint density at radius 1 is 1.23 bits per heavy atom. The van der Waals surface area contributed by atoms with E-state index in [2.05, 4.69) is 15.8 Å². The van der Waals surface area contributed by atoms with Crippen LogP contribution in [0.5, 0.6) is 0 Å². The van der Waals surface area contributed by atoms with Crippen LogP contribution in [0.3, 0.4) is 0 Å². The van der Waals surface area contributed by atoms with Crippen molar-refractivity contribution in [2.24, 2.45) is 5.10 Å². The highest BCUT2D eigenvalue weighted by molar-refractivity contribution is 7.80. The predicted octanol–water partition coefficient (Wildman–Crippen LogP) is 1.85. The van der Waals surface area contributed by atoms with E-state index in [1.54, 1.807) is 7.11 Å². The first-order valence-electron chi connectivity index (χ1n) is 6.89. The summed E-state index contributed by atoms with van der Waals surface area (Å²) in [5.74, 6) is -0.0843. The van der Waals surface area contributed by atoms with Crippen molar-refractivity contribution in [3.05, 3.63) is 47.5 Å². The number of carbonyl (C=O) groups excluding carboxylic acids is 1. The third kappa shape index (κ3) is 2.58. The van der Waals surface area contributed by atoms with Gasteiger partial charge in [-0.05, 0) is 17.6 Å². The van der Waals surface area contributed by atoms with E-state index in [0.29, 0.717) is 29.5 Å². The predicted molar refractivity (Wildman–Crippen MR) is 90.4 cm³/mol. The van der Waals surface area contributed by atoms with Gasteiger partial charge in [-0.15, -0.1) is 0 Å². The number of methoxy groups -OCH3 is 1. The van der Waals surface area contributed by atoms with Gasteiger partial charge in [0.2, 0.25) is 5.78 Å². The number of thiocarbonyl (C=S) groups is 1. The maximum absolute atomic E-state index is 12.5. The second kappa shape index (κ2) is 6.21. The monoisotopic (exact) mass is 313 g/mol. The number of benzene rings is 2. The Hall–Kier alpha value is -2.31. The number of ketones is 1. The molecule has 0 spiro atoms. The number of hydrazone groups is 1. The van der Waals surface area contributed by atoms with Crippen LogP contribution in [-0.4, -0.2) is 36.9 Å². The lowest BCUT2D eigenvalue weighted by Crippen LogP contribution is -2.35. The molecule has 0 heterocycles. The van der Waals surface area contributed by atoms with E-state index in [-0.39, 0.29) is 5.78 Å². The molecule has 1 aliphatic rings. The molecule has 6 heteroatoms. The zero-order valence-corrected chi connectivity index (χ0v) is 12.9. The van der Waals surface area contributed by atoms with Gasteiger partial charge in [-0.3, -0.25) is 10.2 Å². The number of hydrogen-bond acceptors (Lipinski definition) is 4. The molecule has 0 aromatic heterocycles. The van der Waals surface area contributed by atoms with Crippen molar-refractivity contribution < 1.29 is 9.53 Å². The summed E-state index contributed by atoms with van der Waals surface area (Å²) in [5, 5.41) is 9.49. The van der Waals surface area contributed by atoms with Crippen LogP contribution >= 0.6 is 12.2 Å². The molecule has 0 radical (unpaired) electrons. The van der Waals surface area contributed by atoms with Crippen LogP contribution in [0.4, 0.5) is 0 Å². The quantitative estimate of drug-likeness (QED) is 0.512. The Morgan fingerprint density at radius 3 is 2.68 bits per heavy atom. The van der Waals surface area contributed by atoms with Gasteiger partial charge < -0.3 is 10.1 Å². The van der Waals surface area contributed by atoms with Crippen molar-refractivity contribution in [2.45, 2.75) is 0 Å². The van der Waals surface area contributed by atoms with Gasteiger partial charge in [-0.2, -0.15) is 5.10 Å². The molecule has 0 bridgehead atoms. The Kier molecular flexibility index (Phi) is 4.13. The fourth-order valence-corrected chi connectivity index (χ4v) is 2.65.